The van der Waals surface area contributed by atoms with E-state index in [1.54, 1.807) is 6.34 Å². The van der Waals surface area contributed by atoms with E-state index in [-0.39, 0.29) is 12.4 Å². The summed E-state index contributed by atoms with van der Waals surface area (Å²) in [6, 6.07) is 0. The number of hydrogen-bond acceptors (Lipinski definition) is 3. The lowest BCUT2D eigenvalue weighted by atomic mass is 10.9. The van der Waals surface area contributed by atoms with E-state index in [1.165, 1.54) is 0 Å². The minimum absolute atomic E-state index is 0. The third-order valence-electron chi connectivity index (χ3n) is 0.656. The van der Waals surface area contributed by atoms with E-state index >= 15 is 0 Å². The molecule has 0 unspecified atom stereocenters. The average molecular weight is 135 g/mol. The molecule has 0 spiro atoms. The Balaban J connectivity index is 0.000000490. The summed E-state index contributed by atoms with van der Waals surface area (Å²) in [7, 11) is 3.78. The Kier molecular flexibility index (Phi) is 2.06. The first-order valence-corrected chi connectivity index (χ1v) is 2.01. The highest BCUT2D eigenvalue weighted by Crippen LogP contribution is 2.00. The second kappa shape index (κ2) is 2.19. The van der Waals surface area contributed by atoms with Gasteiger partial charge in [-0.1, -0.05) is 5.10 Å². The quantitative estimate of drug-likeness (QED) is 0.326. The van der Waals surface area contributed by atoms with E-state index < -0.39 is 0 Å². The first kappa shape index (κ1) is 7.52. The van der Waals surface area contributed by atoms with Gasteiger partial charge in [-0.15, -0.1) is 4.59 Å². The second-order valence-electron chi connectivity index (χ2n) is 1.89. The van der Waals surface area contributed by atoms with E-state index in [4.69, 9.17) is 0 Å². The fraction of sp³-hybridized carbons (Fsp3) is 0.667. The molecule has 0 atom stereocenters. The van der Waals surface area contributed by atoms with Gasteiger partial charge in [0.1, 0.15) is 14.1 Å². The summed E-state index contributed by atoms with van der Waals surface area (Å²) < 4.78 is 0.417. The summed E-state index contributed by atoms with van der Waals surface area (Å²) in [6.45, 7) is 0. The van der Waals surface area contributed by atoms with Crippen LogP contribution < -0.4 is 12.4 Å². The van der Waals surface area contributed by atoms with Crippen molar-refractivity contribution in [2.75, 3.05) is 14.1 Å². The van der Waals surface area contributed by atoms with Gasteiger partial charge in [0.15, 0.2) is 0 Å². The molecule has 4 nitrogen and oxygen atoms in total. The summed E-state index contributed by atoms with van der Waals surface area (Å²) in [5.74, 6) is 0. The molecule has 0 aromatic carbocycles. The smallest absolute Gasteiger partial charge is 0.239 e. The Labute approximate surface area is 53.9 Å². The predicted octanol–water partition coefficient (Wildman–Crippen LogP) is -2.61. The first-order chi connectivity index (χ1) is 3.21. The van der Waals surface area contributed by atoms with E-state index in [1.807, 2.05) is 14.1 Å². The normalized spacial score (nSPS) is 20.8. The fourth-order valence-corrected chi connectivity index (χ4v) is 0.299. The van der Waals surface area contributed by atoms with Crippen LogP contribution in [0.1, 0.15) is 0 Å². The molecule has 1 rings (SSSR count). The Morgan fingerprint density at radius 2 is 2.00 bits per heavy atom. The van der Waals surface area contributed by atoms with Crippen molar-refractivity contribution in [2.24, 2.45) is 15.5 Å². The highest BCUT2D eigenvalue weighted by Gasteiger charge is 2.14. The second-order valence-corrected chi connectivity index (χ2v) is 1.89. The van der Waals surface area contributed by atoms with Crippen LogP contribution in [-0.4, -0.2) is 25.0 Å². The van der Waals surface area contributed by atoms with Gasteiger partial charge in [0, 0.05) is 5.22 Å². The monoisotopic (exact) mass is 134 g/mol. The molecule has 0 amide bonds. The maximum absolute atomic E-state index is 3.71. The predicted molar refractivity (Wildman–Crippen MR) is 25.5 cm³/mol. The summed E-state index contributed by atoms with van der Waals surface area (Å²) in [5.41, 5.74) is 0. The van der Waals surface area contributed by atoms with Crippen molar-refractivity contribution >= 4 is 6.34 Å². The summed E-state index contributed by atoms with van der Waals surface area (Å²) >= 11 is 0. The summed E-state index contributed by atoms with van der Waals surface area (Å²) in [6.07, 6.45) is 1.65. The Hall–Kier alpha value is -0.480. The number of nitrogens with zero attached hydrogens (tertiary/aromatic N) is 4. The van der Waals surface area contributed by atoms with Gasteiger partial charge in [0.2, 0.25) is 6.34 Å². The lowest BCUT2D eigenvalue weighted by molar-refractivity contribution is -0.800. The molecule has 0 aromatic rings. The van der Waals surface area contributed by atoms with Gasteiger partial charge in [-0.3, -0.25) is 0 Å². The number of quaternary nitrogens is 1. The Bertz CT molecular complexity index is 113. The molecule has 1 aliphatic heterocycles. The molecule has 0 saturated carbocycles. The standard InChI is InChI=1S/C3H7N4.ClH/c1-7(2)3-4-5-6-7;/h3H,1-2H3;1H/q+1;/p-1. The van der Waals surface area contributed by atoms with Crippen LogP contribution in [0, 0.1) is 0 Å². The van der Waals surface area contributed by atoms with Crippen molar-refractivity contribution in [1.29, 1.82) is 0 Å². The molecule has 0 N–H and O–H groups in total. The third kappa shape index (κ3) is 1.55. The van der Waals surface area contributed by atoms with Crippen LogP contribution >= 0.6 is 0 Å². The molecule has 46 valence electrons. The van der Waals surface area contributed by atoms with Crippen LogP contribution in [0.5, 0.6) is 0 Å². The molecule has 0 aliphatic carbocycles. The van der Waals surface area contributed by atoms with Crippen molar-refractivity contribution in [2.45, 2.75) is 0 Å². The van der Waals surface area contributed by atoms with Crippen LogP contribution in [0.4, 0.5) is 0 Å². The van der Waals surface area contributed by atoms with Crippen molar-refractivity contribution in [3.05, 3.63) is 0 Å². The van der Waals surface area contributed by atoms with Gasteiger partial charge in [-0.25, -0.2) is 0 Å². The molecule has 8 heavy (non-hydrogen) atoms. The zero-order valence-electron chi connectivity index (χ0n) is 4.74. The van der Waals surface area contributed by atoms with Crippen LogP contribution in [0.2, 0.25) is 0 Å². The van der Waals surface area contributed by atoms with Crippen LogP contribution in [-0.2, 0) is 0 Å². The lowest BCUT2D eigenvalue weighted by Crippen LogP contribution is -3.00. The highest BCUT2D eigenvalue weighted by atomic mass is 35.5. The molecular formula is C3H7ClN4. The van der Waals surface area contributed by atoms with Gasteiger partial charge < -0.3 is 12.4 Å². The van der Waals surface area contributed by atoms with Gasteiger partial charge in [0.05, 0.1) is 5.22 Å². The molecule has 0 bridgehead atoms. The summed E-state index contributed by atoms with van der Waals surface area (Å²) in [4.78, 5) is 0. The summed E-state index contributed by atoms with van der Waals surface area (Å²) in [5, 5.41) is 10.7. The maximum atomic E-state index is 3.71. The van der Waals surface area contributed by atoms with Crippen molar-refractivity contribution < 1.29 is 17.0 Å². The van der Waals surface area contributed by atoms with Crippen molar-refractivity contribution in [1.82, 2.24) is 0 Å². The fourth-order valence-electron chi connectivity index (χ4n) is 0.299. The van der Waals surface area contributed by atoms with Gasteiger partial charge in [-0.2, -0.15) is 0 Å². The molecular weight excluding hydrogens is 128 g/mol. The maximum Gasteiger partial charge on any atom is 0.239 e. The SMILES string of the molecule is C[N+]1(C)C=NN=N1.[Cl-]. The molecule has 1 heterocycles. The van der Waals surface area contributed by atoms with Gasteiger partial charge in [-0.05, 0) is 0 Å². The third-order valence-corrected chi connectivity index (χ3v) is 0.656. The molecule has 1 aliphatic rings. The largest absolute Gasteiger partial charge is 1.00 e. The first-order valence-electron chi connectivity index (χ1n) is 2.01. The molecule has 0 saturated heterocycles. The van der Waals surface area contributed by atoms with Gasteiger partial charge >= 0.3 is 0 Å². The van der Waals surface area contributed by atoms with Crippen LogP contribution in [0.15, 0.2) is 15.5 Å². The highest BCUT2D eigenvalue weighted by molar-refractivity contribution is 5.45. The number of halogens is 1. The van der Waals surface area contributed by atoms with Crippen LogP contribution in [0.3, 0.4) is 0 Å². The van der Waals surface area contributed by atoms with E-state index in [0.29, 0.717) is 4.59 Å². The topological polar surface area (TPSA) is 37.1 Å². The van der Waals surface area contributed by atoms with Crippen molar-refractivity contribution in [3.8, 4) is 0 Å². The van der Waals surface area contributed by atoms with Crippen molar-refractivity contribution in [3.63, 3.8) is 0 Å². The molecule has 5 heteroatoms. The molecule has 0 fully saturated rings. The lowest BCUT2D eigenvalue weighted by Gasteiger charge is -2.05. The zero-order chi connectivity index (χ0) is 5.33. The number of hydrogen-bond donors (Lipinski definition) is 0. The molecule has 0 radical (unpaired) electrons. The van der Waals surface area contributed by atoms with E-state index in [9.17, 15) is 0 Å². The zero-order valence-corrected chi connectivity index (χ0v) is 5.50. The van der Waals surface area contributed by atoms with E-state index in [2.05, 4.69) is 15.5 Å². The Morgan fingerprint density at radius 3 is 2.12 bits per heavy atom. The Morgan fingerprint density at radius 1 is 1.38 bits per heavy atom. The van der Waals surface area contributed by atoms with Gasteiger partial charge in [0.25, 0.3) is 0 Å². The van der Waals surface area contributed by atoms with Crippen LogP contribution in [0.25, 0.3) is 0 Å². The average Bonchev–Trinajstić information content (AvgIpc) is 1.84. The molecule has 0 aromatic heterocycles. The minimum atomic E-state index is 0. The number of rotatable bonds is 0. The minimum Gasteiger partial charge on any atom is -1.00 e. The van der Waals surface area contributed by atoms with E-state index in [0.717, 1.165) is 0 Å².